The van der Waals surface area contributed by atoms with Crippen molar-refractivity contribution in [2.45, 2.75) is 148 Å². The maximum atomic E-state index is 12.0. The van der Waals surface area contributed by atoms with Gasteiger partial charge < -0.3 is 14.6 Å². The highest BCUT2D eigenvalue weighted by atomic mass is 16.6. The minimum atomic E-state index is -1.01. The zero-order valence-electron chi connectivity index (χ0n) is 31.6. The van der Waals surface area contributed by atoms with Crippen molar-refractivity contribution in [3.8, 4) is 0 Å². The molecule has 5 nitrogen and oxygen atoms in total. The molecule has 0 heterocycles. The summed E-state index contributed by atoms with van der Waals surface area (Å²) in [4.78, 5) is 23.9. The maximum absolute atomic E-state index is 12.0. The summed E-state index contributed by atoms with van der Waals surface area (Å²) in [5, 5.41) is 10.00. The lowest BCUT2D eigenvalue weighted by atomic mass is 10.1. The van der Waals surface area contributed by atoms with E-state index < -0.39 is 6.10 Å². The number of hydrogen-bond acceptors (Lipinski definition) is 5. The molecule has 0 aromatic rings. The van der Waals surface area contributed by atoms with Crippen LogP contribution in [0.3, 0.4) is 0 Å². The molecule has 50 heavy (non-hydrogen) atoms. The first-order valence-corrected chi connectivity index (χ1v) is 19.4. The van der Waals surface area contributed by atoms with Crippen LogP contribution < -0.4 is 0 Å². The Bertz CT molecular complexity index is 1050. The van der Waals surface area contributed by atoms with Crippen molar-refractivity contribution >= 4 is 11.9 Å². The molecule has 0 radical (unpaired) electrons. The largest absolute Gasteiger partial charge is 0.463 e. The number of allylic oxidation sites excluding steroid dienone is 18. The Morgan fingerprint density at radius 1 is 0.440 bits per heavy atom. The van der Waals surface area contributed by atoms with Gasteiger partial charge in [0.05, 0.1) is 0 Å². The molecule has 0 bridgehead atoms. The quantitative estimate of drug-likeness (QED) is 0.0421. The molecule has 0 saturated carbocycles. The SMILES string of the molecule is CC/C=C\C/C=C\C/C=C\C/C=C\CCCCCCC(=O)OC[C@H](O)COC(=O)CC/C=C\C/C=C\C/C=C\C/C=C\C/C=C\CCCCC. The van der Waals surface area contributed by atoms with Gasteiger partial charge in [0.25, 0.3) is 0 Å². The number of aliphatic hydroxyl groups excluding tert-OH is 1. The average Bonchev–Trinajstić information content (AvgIpc) is 3.12. The van der Waals surface area contributed by atoms with Crippen LogP contribution in [0.15, 0.2) is 109 Å². The second-order valence-electron chi connectivity index (χ2n) is 12.3. The van der Waals surface area contributed by atoms with Crippen molar-refractivity contribution in [3.63, 3.8) is 0 Å². The first-order valence-electron chi connectivity index (χ1n) is 19.4. The van der Waals surface area contributed by atoms with Gasteiger partial charge in [-0.15, -0.1) is 0 Å². The van der Waals surface area contributed by atoms with E-state index in [9.17, 15) is 14.7 Å². The molecule has 0 aromatic heterocycles. The zero-order chi connectivity index (χ0) is 36.4. The van der Waals surface area contributed by atoms with Crippen LogP contribution in [0.4, 0.5) is 0 Å². The summed E-state index contributed by atoms with van der Waals surface area (Å²) in [7, 11) is 0. The minimum absolute atomic E-state index is 0.160. The van der Waals surface area contributed by atoms with Gasteiger partial charge in [0.15, 0.2) is 0 Å². The summed E-state index contributed by atoms with van der Waals surface area (Å²) in [5.41, 5.74) is 0. The van der Waals surface area contributed by atoms with E-state index in [0.29, 0.717) is 12.8 Å². The molecule has 0 spiro atoms. The van der Waals surface area contributed by atoms with E-state index in [1.54, 1.807) is 0 Å². The molecule has 280 valence electrons. The van der Waals surface area contributed by atoms with Crippen LogP contribution in [-0.4, -0.2) is 36.4 Å². The van der Waals surface area contributed by atoms with Gasteiger partial charge in [-0.2, -0.15) is 0 Å². The molecule has 5 heteroatoms. The molecule has 0 aliphatic carbocycles. The van der Waals surface area contributed by atoms with E-state index in [1.165, 1.54) is 25.7 Å². The van der Waals surface area contributed by atoms with Crippen LogP contribution in [0, 0.1) is 0 Å². The second kappa shape index (κ2) is 40.0. The lowest BCUT2D eigenvalue weighted by Gasteiger charge is -2.12. The normalized spacial score (nSPS) is 13.4. The molecule has 1 N–H and O–H groups in total. The maximum Gasteiger partial charge on any atom is 0.306 e. The summed E-state index contributed by atoms with van der Waals surface area (Å²) in [6.07, 6.45) is 57.2. The molecular weight excluding hydrogens is 620 g/mol. The van der Waals surface area contributed by atoms with Crippen LogP contribution in [0.25, 0.3) is 0 Å². The van der Waals surface area contributed by atoms with Crippen LogP contribution in [0.1, 0.15) is 142 Å². The first kappa shape index (κ1) is 46.6. The van der Waals surface area contributed by atoms with Crippen molar-refractivity contribution in [2.24, 2.45) is 0 Å². The molecular formula is C45H70O5. The van der Waals surface area contributed by atoms with E-state index >= 15 is 0 Å². The minimum Gasteiger partial charge on any atom is -0.463 e. The third kappa shape index (κ3) is 39.0. The van der Waals surface area contributed by atoms with E-state index in [0.717, 1.165) is 83.5 Å². The molecule has 0 aromatic carbocycles. The fourth-order valence-electron chi connectivity index (χ4n) is 4.59. The number of rotatable bonds is 33. The molecule has 1 atom stereocenters. The Labute approximate surface area is 306 Å². The lowest BCUT2D eigenvalue weighted by molar-refractivity contribution is -0.152. The molecule has 0 unspecified atom stereocenters. The van der Waals surface area contributed by atoms with E-state index in [-0.39, 0.29) is 31.6 Å². The number of carbonyl (C=O) groups is 2. The van der Waals surface area contributed by atoms with Gasteiger partial charge in [0.2, 0.25) is 0 Å². The molecule has 0 amide bonds. The van der Waals surface area contributed by atoms with E-state index in [4.69, 9.17) is 9.47 Å². The third-order valence-electron chi connectivity index (χ3n) is 7.51. The number of ether oxygens (including phenoxy) is 2. The predicted octanol–water partition coefficient (Wildman–Crippen LogP) is 12.3. The highest BCUT2D eigenvalue weighted by molar-refractivity contribution is 5.70. The molecule has 0 saturated heterocycles. The van der Waals surface area contributed by atoms with Gasteiger partial charge in [-0.05, 0) is 89.9 Å². The Kier molecular flexibility index (Phi) is 37.2. The van der Waals surface area contributed by atoms with Crippen LogP contribution in [0.2, 0.25) is 0 Å². The van der Waals surface area contributed by atoms with Crippen molar-refractivity contribution < 1.29 is 24.2 Å². The summed E-state index contributed by atoms with van der Waals surface area (Å²) in [6, 6.07) is 0. The lowest BCUT2D eigenvalue weighted by Crippen LogP contribution is -2.25. The summed E-state index contributed by atoms with van der Waals surface area (Å²) in [6.45, 7) is 4.05. The van der Waals surface area contributed by atoms with Gasteiger partial charge in [0, 0.05) is 12.8 Å². The van der Waals surface area contributed by atoms with Gasteiger partial charge in [-0.3, -0.25) is 9.59 Å². The second-order valence-corrected chi connectivity index (χ2v) is 12.3. The Balaban J connectivity index is 3.66. The summed E-state index contributed by atoms with van der Waals surface area (Å²) >= 11 is 0. The molecule has 0 fully saturated rings. The van der Waals surface area contributed by atoms with E-state index in [1.807, 2.05) is 12.2 Å². The van der Waals surface area contributed by atoms with Crippen molar-refractivity contribution in [1.29, 1.82) is 0 Å². The Morgan fingerprint density at radius 3 is 1.24 bits per heavy atom. The third-order valence-corrected chi connectivity index (χ3v) is 7.51. The number of hydrogen-bond donors (Lipinski definition) is 1. The smallest absolute Gasteiger partial charge is 0.306 e. The predicted molar refractivity (Wildman–Crippen MR) is 214 cm³/mol. The van der Waals surface area contributed by atoms with Crippen LogP contribution in [-0.2, 0) is 19.1 Å². The standard InChI is InChI=1S/C45H70O5/c1-3-5-7-9-11-13-15-17-19-21-22-24-26-28-30-32-34-36-38-40-45(48)50-42-43(46)41-49-44(47)39-37-35-33-31-29-27-25-23-20-18-16-14-12-10-8-6-4-2/h6,8,11-14,17-20,22,24-25,27-28,30,34,36,43,46H,3-5,7,9-10,15-16,21,23,26,29,31-33,35,37-42H2,1-2H3/b8-6-,13-11-,14-12-,19-17-,20-18-,24-22-,27-25-,30-28-,36-34-/t43-/m0/s1. The number of aliphatic hydroxyl groups is 1. The summed E-state index contributed by atoms with van der Waals surface area (Å²) < 4.78 is 10.2. The highest BCUT2D eigenvalue weighted by Crippen LogP contribution is 2.08. The summed E-state index contributed by atoms with van der Waals surface area (Å²) in [5.74, 6) is -0.698. The van der Waals surface area contributed by atoms with Gasteiger partial charge >= 0.3 is 11.9 Å². The number of unbranched alkanes of at least 4 members (excludes halogenated alkanes) is 7. The van der Waals surface area contributed by atoms with Crippen molar-refractivity contribution in [3.05, 3.63) is 109 Å². The monoisotopic (exact) mass is 691 g/mol. The molecule has 0 aliphatic heterocycles. The zero-order valence-corrected chi connectivity index (χ0v) is 31.6. The van der Waals surface area contributed by atoms with Crippen molar-refractivity contribution in [1.82, 2.24) is 0 Å². The Hall–Kier alpha value is -3.44. The van der Waals surface area contributed by atoms with Crippen molar-refractivity contribution in [2.75, 3.05) is 13.2 Å². The van der Waals surface area contributed by atoms with Crippen LogP contribution in [0.5, 0.6) is 0 Å². The molecule has 0 aliphatic rings. The number of carbonyl (C=O) groups excluding carboxylic acids is 2. The number of esters is 2. The van der Waals surface area contributed by atoms with E-state index in [2.05, 4.69) is 111 Å². The van der Waals surface area contributed by atoms with Gasteiger partial charge in [0.1, 0.15) is 19.3 Å². The first-order chi connectivity index (χ1) is 24.6. The van der Waals surface area contributed by atoms with Crippen LogP contribution >= 0.6 is 0 Å². The topological polar surface area (TPSA) is 72.8 Å². The van der Waals surface area contributed by atoms with Gasteiger partial charge in [-0.1, -0.05) is 149 Å². The highest BCUT2D eigenvalue weighted by Gasteiger charge is 2.11. The molecule has 0 rings (SSSR count). The fraction of sp³-hybridized carbons (Fsp3) is 0.556. The Morgan fingerprint density at radius 2 is 0.800 bits per heavy atom. The van der Waals surface area contributed by atoms with Gasteiger partial charge in [-0.25, -0.2) is 0 Å². The fourth-order valence-corrected chi connectivity index (χ4v) is 4.59. The average molecular weight is 691 g/mol.